The molecule has 1 saturated carbocycles. The van der Waals surface area contributed by atoms with E-state index in [0.29, 0.717) is 57.1 Å². The minimum absolute atomic E-state index is 0.110. The number of aromatic nitrogens is 2. The molecule has 11 heteroatoms. The first kappa shape index (κ1) is 32.0. The smallest absolute Gasteiger partial charge is 0.318 e. The van der Waals surface area contributed by atoms with Gasteiger partial charge in [0.05, 0.1) is 23.9 Å². The molecule has 9 nitrogen and oxygen atoms in total. The lowest BCUT2D eigenvalue weighted by atomic mass is 10.0. The zero-order valence-corrected chi connectivity index (χ0v) is 27.4. The molecule has 2 aromatic carbocycles. The Kier molecular flexibility index (Phi) is 9.34. The standard InChI is InChI=1S/C35H41ClFN7O2/c1-5-30(45)44-18-17-43(20-25(44)19-38-4)33-26-13-16-42(29-10-8-9-24-11-12-27(37)32(36)31(24)29)21-28(26)39-34(40-33)46-23-35(14-15-35)22-41(6-2)7-3/h5,8-12,25H,1,6-7,13-23H2,2-3H3/t25-/m0/s1. The second kappa shape index (κ2) is 13.4. The number of hydrogen-bond donors (Lipinski definition) is 0. The predicted octanol–water partition coefficient (Wildman–Crippen LogP) is 5.61. The van der Waals surface area contributed by atoms with Crippen molar-refractivity contribution in [3.8, 4) is 6.01 Å². The van der Waals surface area contributed by atoms with Crippen LogP contribution in [0.25, 0.3) is 15.6 Å². The first-order valence-corrected chi connectivity index (χ1v) is 16.5. The zero-order chi connectivity index (χ0) is 32.4. The van der Waals surface area contributed by atoms with Gasteiger partial charge in [-0.15, -0.1) is 0 Å². The Morgan fingerprint density at radius 2 is 2.00 bits per heavy atom. The topological polar surface area (TPSA) is 69.4 Å². The second-order valence-corrected chi connectivity index (χ2v) is 13.0. The van der Waals surface area contributed by atoms with E-state index in [4.69, 9.17) is 32.9 Å². The SMILES string of the molecule is [C-]#[N+]C[C@H]1CN(c2nc(OCC3(CN(CC)CC)CC3)nc3c2CCN(c2cccc4ccc(F)c(Cl)c24)C3)CCN1C(=O)C=C. The molecule has 0 spiro atoms. The summed E-state index contributed by atoms with van der Waals surface area (Å²) in [6.07, 6.45) is 4.21. The number of carbonyl (C=O) groups excluding carboxylic acids is 1. The van der Waals surface area contributed by atoms with Gasteiger partial charge in [-0.3, -0.25) is 4.79 Å². The summed E-state index contributed by atoms with van der Waals surface area (Å²) < 4.78 is 21.0. The van der Waals surface area contributed by atoms with Crippen LogP contribution in [0.4, 0.5) is 15.9 Å². The van der Waals surface area contributed by atoms with E-state index in [0.717, 1.165) is 60.6 Å². The monoisotopic (exact) mass is 645 g/mol. The van der Waals surface area contributed by atoms with E-state index in [1.807, 2.05) is 18.2 Å². The average Bonchev–Trinajstić information content (AvgIpc) is 3.86. The van der Waals surface area contributed by atoms with E-state index in [1.165, 1.54) is 12.1 Å². The molecule has 0 radical (unpaired) electrons. The lowest BCUT2D eigenvalue weighted by Crippen LogP contribution is -2.56. The third kappa shape index (κ3) is 6.36. The van der Waals surface area contributed by atoms with E-state index < -0.39 is 5.82 Å². The van der Waals surface area contributed by atoms with Crippen LogP contribution < -0.4 is 14.5 Å². The number of carbonyl (C=O) groups is 1. The molecule has 1 aromatic heterocycles. The summed E-state index contributed by atoms with van der Waals surface area (Å²) in [5.74, 6) is 0.197. The summed E-state index contributed by atoms with van der Waals surface area (Å²) in [5, 5.41) is 1.69. The van der Waals surface area contributed by atoms with E-state index in [9.17, 15) is 9.18 Å². The van der Waals surface area contributed by atoms with E-state index in [1.54, 1.807) is 11.0 Å². The number of rotatable bonds is 11. The van der Waals surface area contributed by atoms with E-state index in [-0.39, 0.29) is 28.9 Å². The van der Waals surface area contributed by atoms with Crippen LogP contribution in [-0.4, -0.2) is 90.7 Å². The second-order valence-electron chi connectivity index (χ2n) is 12.6. The maximum Gasteiger partial charge on any atom is 0.318 e. The fraction of sp³-hybridized carbons (Fsp3) is 0.486. The first-order valence-electron chi connectivity index (χ1n) is 16.2. The highest BCUT2D eigenvalue weighted by molar-refractivity contribution is 6.36. The van der Waals surface area contributed by atoms with Crippen LogP contribution in [0.5, 0.6) is 6.01 Å². The number of amides is 1. The fourth-order valence-electron chi connectivity index (χ4n) is 6.86. The Morgan fingerprint density at radius 3 is 2.72 bits per heavy atom. The quantitative estimate of drug-likeness (QED) is 0.198. The summed E-state index contributed by atoms with van der Waals surface area (Å²) in [5.41, 5.74) is 2.87. The Labute approximate surface area is 275 Å². The molecule has 6 rings (SSSR count). The maximum atomic E-state index is 14.6. The van der Waals surface area contributed by atoms with Gasteiger partial charge in [-0.2, -0.15) is 9.97 Å². The number of fused-ring (bicyclic) bond motifs is 2. The van der Waals surface area contributed by atoms with Crippen molar-refractivity contribution < 1.29 is 13.9 Å². The van der Waals surface area contributed by atoms with Crippen molar-refractivity contribution in [2.45, 2.75) is 45.7 Å². The maximum absolute atomic E-state index is 14.6. The van der Waals surface area contributed by atoms with Crippen LogP contribution >= 0.6 is 11.6 Å². The van der Waals surface area contributed by atoms with Gasteiger partial charge in [0.2, 0.25) is 12.5 Å². The number of hydrogen-bond acceptors (Lipinski definition) is 7. The van der Waals surface area contributed by atoms with Crippen molar-refractivity contribution in [3.63, 3.8) is 0 Å². The van der Waals surface area contributed by atoms with Gasteiger partial charge in [-0.1, -0.05) is 50.2 Å². The summed E-state index contributed by atoms with van der Waals surface area (Å²) >= 11 is 6.52. The van der Waals surface area contributed by atoms with Gasteiger partial charge in [0, 0.05) is 54.8 Å². The third-order valence-corrected chi connectivity index (χ3v) is 10.1. The number of nitrogens with zero attached hydrogens (tertiary/aromatic N) is 7. The zero-order valence-electron chi connectivity index (χ0n) is 26.6. The van der Waals surface area contributed by atoms with Crippen molar-refractivity contribution in [2.24, 2.45) is 5.41 Å². The molecule has 3 heterocycles. The molecule has 0 bridgehead atoms. The Bertz CT molecular complexity index is 1670. The van der Waals surface area contributed by atoms with Crippen molar-refractivity contribution in [1.82, 2.24) is 19.8 Å². The lowest BCUT2D eigenvalue weighted by Gasteiger charge is -2.41. The minimum atomic E-state index is -0.443. The van der Waals surface area contributed by atoms with Crippen LogP contribution in [0.15, 0.2) is 43.0 Å². The molecule has 3 aliphatic rings. The number of piperazine rings is 1. The molecule has 1 aliphatic carbocycles. The van der Waals surface area contributed by atoms with Gasteiger partial charge in [0.1, 0.15) is 17.7 Å². The predicted molar refractivity (Wildman–Crippen MR) is 180 cm³/mol. The molecule has 3 aromatic rings. The van der Waals surface area contributed by atoms with Crippen molar-refractivity contribution in [3.05, 3.63) is 76.5 Å². The molecule has 1 atom stereocenters. The number of ether oxygens (including phenoxy) is 1. The van der Waals surface area contributed by atoms with Crippen LogP contribution in [0.1, 0.15) is 37.9 Å². The Morgan fingerprint density at radius 1 is 1.20 bits per heavy atom. The van der Waals surface area contributed by atoms with Crippen molar-refractivity contribution in [1.29, 1.82) is 0 Å². The minimum Gasteiger partial charge on any atom is -0.463 e. The molecule has 1 saturated heterocycles. The van der Waals surface area contributed by atoms with Crippen LogP contribution in [0, 0.1) is 17.8 Å². The van der Waals surface area contributed by atoms with Gasteiger partial charge in [0.25, 0.3) is 0 Å². The molecule has 0 N–H and O–H groups in total. The highest BCUT2D eigenvalue weighted by Crippen LogP contribution is 2.46. The number of benzene rings is 2. The van der Waals surface area contributed by atoms with Gasteiger partial charge in [-0.05, 0) is 55.9 Å². The van der Waals surface area contributed by atoms with Gasteiger partial charge >= 0.3 is 6.01 Å². The van der Waals surface area contributed by atoms with Crippen LogP contribution in [0.2, 0.25) is 5.02 Å². The van der Waals surface area contributed by atoms with Crippen LogP contribution in [0.3, 0.4) is 0 Å². The summed E-state index contributed by atoms with van der Waals surface area (Å²) in [4.78, 5) is 34.8. The normalized spacial score (nSPS) is 18.8. The molecule has 242 valence electrons. The third-order valence-electron chi connectivity index (χ3n) is 9.74. The summed E-state index contributed by atoms with van der Waals surface area (Å²) in [6.45, 7) is 22.0. The highest BCUT2D eigenvalue weighted by Gasteiger charge is 2.45. The highest BCUT2D eigenvalue weighted by atomic mass is 35.5. The van der Waals surface area contributed by atoms with Crippen molar-refractivity contribution in [2.75, 3.05) is 68.8 Å². The van der Waals surface area contributed by atoms with Gasteiger partial charge in [0.15, 0.2) is 0 Å². The van der Waals surface area contributed by atoms with E-state index >= 15 is 0 Å². The number of halogens is 2. The Balaban J connectivity index is 1.34. The molecular weight excluding hydrogens is 605 g/mol. The Hall–Kier alpha value is -3.94. The molecule has 1 amide bonds. The largest absolute Gasteiger partial charge is 0.463 e. The van der Waals surface area contributed by atoms with Gasteiger partial charge < -0.3 is 29.2 Å². The molecule has 0 unspecified atom stereocenters. The summed E-state index contributed by atoms with van der Waals surface area (Å²) in [7, 11) is 0. The lowest BCUT2D eigenvalue weighted by molar-refractivity contribution is -0.128. The molecule has 2 fully saturated rings. The van der Waals surface area contributed by atoms with Crippen molar-refractivity contribution >= 4 is 39.8 Å². The molecule has 2 aliphatic heterocycles. The summed E-state index contributed by atoms with van der Waals surface area (Å²) in [6, 6.07) is 9.11. The average molecular weight is 646 g/mol. The first-order chi connectivity index (χ1) is 22.3. The fourth-order valence-corrected chi connectivity index (χ4v) is 7.12. The molecule has 46 heavy (non-hydrogen) atoms. The van der Waals surface area contributed by atoms with Crippen LogP contribution in [-0.2, 0) is 17.8 Å². The van der Waals surface area contributed by atoms with Gasteiger partial charge in [-0.25, -0.2) is 11.0 Å². The molecular formula is C35H41ClFN7O2. The van der Waals surface area contributed by atoms with E-state index in [2.05, 4.69) is 40.0 Å². The number of anilines is 2.